The quantitative estimate of drug-likeness (QED) is 0.174. The zero-order valence-electron chi connectivity index (χ0n) is 30.7. The molecule has 0 atom stereocenters. The molecule has 0 bridgehead atoms. The standard InChI is InChI=1S/C20H28N2O4S.C15H20N2O4S2/c1-13(2)14-8-10-15(11-9-14)27(24,25)20(6,7)18(23)21-17-12-16(26-22-17)19(3,4)5;1-14(2,3)10-9-11(17-21-10)16-13(18)15(4,5)23(19,20)12-7-6-8-22-12/h8-13H,1-7H3,(H,21,22,23);6-9H,1-5H3,(H,16,17,18). The van der Waals surface area contributed by atoms with Gasteiger partial charge in [-0.25, -0.2) is 16.8 Å². The zero-order chi connectivity index (χ0) is 38.1. The van der Waals surface area contributed by atoms with Crippen LogP contribution in [0.4, 0.5) is 11.6 Å². The van der Waals surface area contributed by atoms with Gasteiger partial charge in [0.05, 0.1) is 4.90 Å². The molecule has 15 heteroatoms. The van der Waals surface area contributed by atoms with Crippen LogP contribution in [0.3, 0.4) is 0 Å². The Balaban J connectivity index is 0.000000274. The summed E-state index contributed by atoms with van der Waals surface area (Å²) in [6.45, 7) is 21.3. The average molecular weight is 749 g/mol. The summed E-state index contributed by atoms with van der Waals surface area (Å²) in [4.78, 5) is 25.3. The SMILES string of the molecule is CC(C)(C)c1cc(NC(=O)C(C)(C)S(=O)(=O)c2cccs2)no1.CC(C)c1ccc(S(=O)(=O)C(C)(C)C(=O)Nc2cc(C(C)(C)C)on2)cc1. The predicted molar refractivity (Wildman–Crippen MR) is 195 cm³/mol. The molecule has 0 saturated carbocycles. The summed E-state index contributed by atoms with van der Waals surface area (Å²) >= 11 is 1.09. The molecule has 274 valence electrons. The molecule has 12 nitrogen and oxygen atoms in total. The smallest absolute Gasteiger partial charge is 0.246 e. The lowest BCUT2D eigenvalue weighted by Gasteiger charge is -2.23. The van der Waals surface area contributed by atoms with Crippen molar-refractivity contribution in [1.82, 2.24) is 10.3 Å². The first kappa shape index (κ1) is 40.6. The molecule has 4 aromatic rings. The Morgan fingerprint density at radius 2 is 1.10 bits per heavy atom. The highest BCUT2D eigenvalue weighted by Gasteiger charge is 2.44. The molecule has 0 spiro atoms. The summed E-state index contributed by atoms with van der Waals surface area (Å²) < 4.78 is 58.6. The molecule has 4 rings (SSSR count). The third kappa shape index (κ3) is 8.72. The van der Waals surface area contributed by atoms with E-state index < -0.39 is 41.0 Å². The lowest BCUT2D eigenvalue weighted by Crippen LogP contribution is -2.44. The van der Waals surface area contributed by atoms with E-state index in [1.165, 1.54) is 33.8 Å². The van der Waals surface area contributed by atoms with Gasteiger partial charge < -0.3 is 19.7 Å². The molecule has 2 N–H and O–H groups in total. The van der Waals surface area contributed by atoms with Crippen LogP contribution >= 0.6 is 11.3 Å². The molecule has 1 aromatic carbocycles. The number of carbonyl (C=O) groups excluding carboxylic acids is 2. The van der Waals surface area contributed by atoms with Crippen molar-refractivity contribution in [3.63, 3.8) is 0 Å². The van der Waals surface area contributed by atoms with E-state index in [4.69, 9.17) is 9.05 Å². The molecule has 0 saturated heterocycles. The second-order valence-corrected chi connectivity index (χ2v) is 21.4. The number of thiophene rings is 1. The first-order chi connectivity index (χ1) is 22.7. The van der Waals surface area contributed by atoms with Gasteiger partial charge in [0.25, 0.3) is 0 Å². The Hall–Kier alpha value is -3.82. The van der Waals surface area contributed by atoms with Crippen LogP contribution in [0.15, 0.2) is 72.1 Å². The maximum Gasteiger partial charge on any atom is 0.246 e. The largest absolute Gasteiger partial charge is 0.359 e. The normalized spacial score (nSPS) is 13.1. The fourth-order valence-corrected chi connectivity index (χ4v) is 8.33. The first-order valence-corrected chi connectivity index (χ1v) is 19.8. The van der Waals surface area contributed by atoms with E-state index in [1.54, 1.807) is 47.8 Å². The summed E-state index contributed by atoms with van der Waals surface area (Å²) in [5, 5.41) is 14.3. The Morgan fingerprint density at radius 1 is 0.680 bits per heavy atom. The van der Waals surface area contributed by atoms with Crippen LogP contribution in [0, 0.1) is 0 Å². The van der Waals surface area contributed by atoms with Crippen LogP contribution in [0.1, 0.15) is 106 Å². The van der Waals surface area contributed by atoms with Crippen molar-refractivity contribution >= 4 is 54.5 Å². The topological polar surface area (TPSA) is 179 Å². The molecule has 0 aliphatic rings. The fraction of sp³-hybridized carbons (Fsp3) is 0.486. The molecule has 0 aliphatic heterocycles. The van der Waals surface area contributed by atoms with E-state index in [2.05, 4.69) is 20.9 Å². The molecular formula is C35H48N4O8S3. The maximum atomic E-state index is 13.0. The van der Waals surface area contributed by atoms with Crippen molar-refractivity contribution in [2.75, 3.05) is 10.6 Å². The second kappa shape index (κ2) is 14.4. The number of anilines is 2. The monoisotopic (exact) mass is 748 g/mol. The lowest BCUT2D eigenvalue weighted by molar-refractivity contribution is -0.118. The molecule has 3 aromatic heterocycles. The first-order valence-electron chi connectivity index (χ1n) is 15.9. The van der Waals surface area contributed by atoms with Crippen molar-refractivity contribution in [2.45, 2.75) is 118 Å². The van der Waals surface area contributed by atoms with Gasteiger partial charge in [0.1, 0.15) is 20.5 Å². The third-order valence-electron chi connectivity index (χ3n) is 8.04. The molecular weight excluding hydrogens is 701 g/mol. The number of sulfone groups is 2. The summed E-state index contributed by atoms with van der Waals surface area (Å²) in [7, 11) is -7.68. The van der Waals surface area contributed by atoms with E-state index >= 15 is 0 Å². The summed E-state index contributed by atoms with van der Waals surface area (Å²) in [5.41, 5.74) is 0.512. The number of carbonyl (C=O) groups is 2. The van der Waals surface area contributed by atoms with Gasteiger partial charge in [-0.1, -0.05) is 83.9 Å². The van der Waals surface area contributed by atoms with Crippen molar-refractivity contribution in [3.05, 3.63) is 71.0 Å². The second-order valence-electron chi connectivity index (χ2n) is 15.2. The maximum absolute atomic E-state index is 13.0. The van der Waals surface area contributed by atoms with E-state index in [-0.39, 0.29) is 31.6 Å². The Morgan fingerprint density at radius 3 is 1.44 bits per heavy atom. The number of hydrogen-bond acceptors (Lipinski definition) is 11. The minimum atomic E-state index is -3.89. The van der Waals surface area contributed by atoms with Crippen LogP contribution in [-0.2, 0) is 40.1 Å². The van der Waals surface area contributed by atoms with Gasteiger partial charge in [0.15, 0.2) is 26.2 Å². The number of aromatic nitrogens is 2. The van der Waals surface area contributed by atoms with Crippen LogP contribution < -0.4 is 10.6 Å². The van der Waals surface area contributed by atoms with Gasteiger partial charge in [0, 0.05) is 23.0 Å². The Kier molecular flexibility index (Phi) is 11.7. The van der Waals surface area contributed by atoms with E-state index in [1.807, 2.05) is 55.4 Å². The molecule has 0 radical (unpaired) electrons. The molecule has 2 amide bonds. The van der Waals surface area contributed by atoms with Crippen molar-refractivity contribution in [1.29, 1.82) is 0 Å². The summed E-state index contributed by atoms with van der Waals surface area (Å²) in [6.07, 6.45) is 0. The van der Waals surface area contributed by atoms with Crippen LogP contribution in [0.5, 0.6) is 0 Å². The van der Waals surface area contributed by atoms with Crippen molar-refractivity contribution in [2.24, 2.45) is 0 Å². The highest BCUT2D eigenvalue weighted by molar-refractivity contribution is 7.95. The highest BCUT2D eigenvalue weighted by Crippen LogP contribution is 2.32. The van der Waals surface area contributed by atoms with E-state index in [0.29, 0.717) is 17.4 Å². The van der Waals surface area contributed by atoms with Gasteiger partial charge in [-0.2, -0.15) is 0 Å². The van der Waals surface area contributed by atoms with E-state index in [0.717, 1.165) is 16.9 Å². The molecule has 50 heavy (non-hydrogen) atoms. The number of rotatable bonds is 9. The van der Waals surface area contributed by atoms with Crippen molar-refractivity contribution < 1.29 is 35.5 Å². The number of nitrogens with zero attached hydrogens (tertiary/aromatic N) is 2. The van der Waals surface area contributed by atoms with Crippen LogP contribution in [0.2, 0.25) is 0 Å². The minimum Gasteiger partial charge on any atom is -0.359 e. The Labute approximate surface area is 299 Å². The van der Waals surface area contributed by atoms with Gasteiger partial charge in [-0.15, -0.1) is 11.3 Å². The van der Waals surface area contributed by atoms with Crippen LogP contribution in [-0.4, -0.2) is 48.5 Å². The molecule has 0 aliphatic carbocycles. The van der Waals surface area contributed by atoms with Crippen LogP contribution in [0.25, 0.3) is 0 Å². The fourth-order valence-electron chi connectivity index (χ4n) is 4.15. The zero-order valence-corrected chi connectivity index (χ0v) is 33.1. The minimum absolute atomic E-state index is 0.114. The molecule has 0 fully saturated rings. The van der Waals surface area contributed by atoms with E-state index in [9.17, 15) is 26.4 Å². The molecule has 0 unspecified atom stereocenters. The summed E-state index contributed by atoms with van der Waals surface area (Å²) in [5.74, 6) is 0.582. The summed E-state index contributed by atoms with van der Waals surface area (Å²) in [6, 6.07) is 13.0. The van der Waals surface area contributed by atoms with Gasteiger partial charge >= 0.3 is 0 Å². The van der Waals surface area contributed by atoms with Gasteiger partial charge in [0.2, 0.25) is 21.7 Å². The Bertz CT molecular complexity index is 2010. The van der Waals surface area contributed by atoms with Gasteiger partial charge in [-0.05, 0) is 62.8 Å². The van der Waals surface area contributed by atoms with Crippen molar-refractivity contribution in [3.8, 4) is 0 Å². The average Bonchev–Trinajstić information content (AvgIpc) is 3.79. The number of amides is 2. The van der Waals surface area contributed by atoms with Gasteiger partial charge in [-0.3, -0.25) is 9.59 Å². The number of benzene rings is 1. The predicted octanol–water partition coefficient (Wildman–Crippen LogP) is 7.51. The lowest BCUT2D eigenvalue weighted by atomic mass is 9.93. The number of hydrogen-bond donors (Lipinski definition) is 2. The number of nitrogens with one attached hydrogen (secondary N) is 2. The molecule has 3 heterocycles. The highest BCUT2D eigenvalue weighted by atomic mass is 32.2. The third-order valence-corrected chi connectivity index (χ3v) is 14.3.